The van der Waals surface area contributed by atoms with Crippen molar-refractivity contribution in [1.82, 2.24) is 0 Å². The summed E-state index contributed by atoms with van der Waals surface area (Å²) in [4.78, 5) is 0.608. The number of benzene rings is 1. The van der Waals surface area contributed by atoms with E-state index in [2.05, 4.69) is 48.0 Å². The second-order valence-corrected chi connectivity index (χ2v) is 8.19. The van der Waals surface area contributed by atoms with Gasteiger partial charge in [-0.3, -0.25) is 0 Å². The molecule has 0 amide bonds. The first-order chi connectivity index (χ1) is 9.74. The molecule has 5 unspecified atom stereocenters. The number of aryl methyl sites for hydroxylation is 2. The Morgan fingerprint density at radius 1 is 1.05 bits per heavy atom. The Kier molecular flexibility index (Phi) is 3.25. The van der Waals surface area contributed by atoms with Crippen LogP contribution in [0.1, 0.15) is 54.6 Å². The van der Waals surface area contributed by atoms with E-state index in [1.165, 1.54) is 30.4 Å². The van der Waals surface area contributed by atoms with Crippen molar-refractivity contribution in [2.45, 2.75) is 50.8 Å². The zero-order valence-electron chi connectivity index (χ0n) is 12.6. The minimum Gasteiger partial charge on any atom is -0.0836 e. The van der Waals surface area contributed by atoms with Gasteiger partial charge in [-0.15, -0.1) is 0 Å². The summed E-state index contributed by atoms with van der Waals surface area (Å²) >= 11 is 4.06. The molecule has 1 aromatic carbocycles. The number of halogens is 1. The predicted octanol–water partition coefficient (Wildman–Crippen LogP) is 5.54. The van der Waals surface area contributed by atoms with Crippen molar-refractivity contribution >= 4 is 15.9 Å². The van der Waals surface area contributed by atoms with Crippen molar-refractivity contribution in [2.75, 3.05) is 0 Å². The van der Waals surface area contributed by atoms with Crippen molar-refractivity contribution in [3.05, 3.63) is 34.9 Å². The summed E-state index contributed by atoms with van der Waals surface area (Å²) < 4.78 is 0. The van der Waals surface area contributed by atoms with Crippen LogP contribution < -0.4 is 0 Å². The molecule has 1 heteroatoms. The van der Waals surface area contributed by atoms with Crippen molar-refractivity contribution in [2.24, 2.45) is 29.6 Å². The number of alkyl halides is 1. The van der Waals surface area contributed by atoms with Gasteiger partial charge in [-0.25, -0.2) is 0 Å². The molecule has 0 N–H and O–H groups in total. The van der Waals surface area contributed by atoms with Crippen molar-refractivity contribution in [1.29, 1.82) is 0 Å². The van der Waals surface area contributed by atoms with Crippen LogP contribution >= 0.6 is 15.9 Å². The third-order valence-electron chi connectivity index (χ3n) is 6.44. The van der Waals surface area contributed by atoms with E-state index in [9.17, 15) is 0 Å². The molecule has 4 rings (SSSR count). The molecule has 3 fully saturated rings. The molecule has 3 aliphatic rings. The molecule has 3 aliphatic carbocycles. The molecule has 0 radical (unpaired) electrons. The van der Waals surface area contributed by atoms with E-state index >= 15 is 0 Å². The van der Waals surface area contributed by atoms with Crippen LogP contribution in [0.3, 0.4) is 0 Å². The van der Waals surface area contributed by atoms with Gasteiger partial charge in [-0.1, -0.05) is 48.0 Å². The Labute approximate surface area is 131 Å². The SMILES string of the molecule is CCc1ccc(C(Br)C2C3C4CCC(C4)C32)cc1CC. The molecular weight excluding hydrogens is 308 g/mol. The van der Waals surface area contributed by atoms with Gasteiger partial charge in [0.2, 0.25) is 0 Å². The summed E-state index contributed by atoms with van der Waals surface area (Å²) in [6, 6.07) is 7.23. The maximum Gasteiger partial charge on any atom is 0.0429 e. The maximum atomic E-state index is 4.06. The predicted molar refractivity (Wildman–Crippen MR) is 88.2 cm³/mol. The Bertz CT molecular complexity index is 504. The van der Waals surface area contributed by atoms with Gasteiger partial charge in [0, 0.05) is 4.83 Å². The van der Waals surface area contributed by atoms with E-state index < -0.39 is 0 Å². The minimum atomic E-state index is 0.608. The van der Waals surface area contributed by atoms with Crippen molar-refractivity contribution in [3.63, 3.8) is 0 Å². The van der Waals surface area contributed by atoms with E-state index in [0.29, 0.717) is 4.83 Å². The highest BCUT2D eigenvalue weighted by Gasteiger charge is 2.66. The second-order valence-electron chi connectivity index (χ2n) is 7.20. The lowest BCUT2D eigenvalue weighted by molar-refractivity contribution is 0.456. The lowest BCUT2D eigenvalue weighted by Crippen LogP contribution is -2.05. The van der Waals surface area contributed by atoms with E-state index in [4.69, 9.17) is 0 Å². The van der Waals surface area contributed by atoms with Crippen LogP contribution in [-0.4, -0.2) is 0 Å². The normalized spacial score (nSPS) is 38.9. The van der Waals surface area contributed by atoms with E-state index in [-0.39, 0.29) is 0 Å². The fourth-order valence-corrected chi connectivity index (χ4v) is 6.49. The zero-order valence-corrected chi connectivity index (χ0v) is 14.2. The topological polar surface area (TPSA) is 0 Å². The molecule has 5 atom stereocenters. The van der Waals surface area contributed by atoms with Crippen LogP contribution in [0, 0.1) is 29.6 Å². The third-order valence-corrected chi connectivity index (χ3v) is 7.58. The molecule has 2 bridgehead atoms. The van der Waals surface area contributed by atoms with Crippen LogP contribution in [-0.2, 0) is 12.8 Å². The number of rotatable bonds is 4. The molecule has 20 heavy (non-hydrogen) atoms. The highest BCUT2D eigenvalue weighted by atomic mass is 79.9. The molecule has 0 aromatic heterocycles. The Hall–Kier alpha value is -0.300. The molecule has 108 valence electrons. The Morgan fingerprint density at radius 3 is 2.30 bits per heavy atom. The fourth-order valence-electron chi connectivity index (χ4n) is 5.50. The molecule has 0 heterocycles. The summed E-state index contributed by atoms with van der Waals surface area (Å²) in [7, 11) is 0. The average Bonchev–Trinajstić information content (AvgIpc) is 2.92. The number of hydrogen-bond donors (Lipinski definition) is 0. The zero-order chi connectivity index (χ0) is 13.9. The van der Waals surface area contributed by atoms with Crippen molar-refractivity contribution in [3.8, 4) is 0 Å². The lowest BCUT2D eigenvalue weighted by atomic mass is 9.94. The smallest absolute Gasteiger partial charge is 0.0429 e. The molecular formula is C19H25Br. The molecule has 0 aliphatic heterocycles. The van der Waals surface area contributed by atoms with Gasteiger partial charge in [0.15, 0.2) is 0 Å². The molecule has 0 spiro atoms. The highest BCUT2D eigenvalue weighted by molar-refractivity contribution is 9.09. The third kappa shape index (κ3) is 1.85. The van der Waals surface area contributed by atoms with Crippen LogP contribution in [0.5, 0.6) is 0 Å². The van der Waals surface area contributed by atoms with Crippen molar-refractivity contribution < 1.29 is 0 Å². The minimum absolute atomic E-state index is 0.608. The highest BCUT2D eigenvalue weighted by Crippen LogP contribution is 2.73. The van der Waals surface area contributed by atoms with Gasteiger partial charge in [0.05, 0.1) is 0 Å². The lowest BCUT2D eigenvalue weighted by Gasteiger charge is -2.17. The van der Waals surface area contributed by atoms with Gasteiger partial charge < -0.3 is 0 Å². The van der Waals surface area contributed by atoms with Gasteiger partial charge in [0.25, 0.3) is 0 Å². The quantitative estimate of drug-likeness (QED) is 0.635. The van der Waals surface area contributed by atoms with E-state index in [0.717, 1.165) is 36.0 Å². The monoisotopic (exact) mass is 332 g/mol. The van der Waals surface area contributed by atoms with E-state index in [1.54, 1.807) is 12.0 Å². The largest absolute Gasteiger partial charge is 0.0836 e. The average molecular weight is 333 g/mol. The molecule has 0 saturated heterocycles. The second kappa shape index (κ2) is 4.87. The fraction of sp³-hybridized carbons (Fsp3) is 0.684. The van der Waals surface area contributed by atoms with Gasteiger partial charge in [-0.2, -0.15) is 0 Å². The molecule has 1 aromatic rings. The van der Waals surface area contributed by atoms with Crippen LogP contribution in [0.25, 0.3) is 0 Å². The van der Waals surface area contributed by atoms with Gasteiger partial charge in [0.1, 0.15) is 0 Å². The summed E-state index contributed by atoms with van der Waals surface area (Å²) in [6.45, 7) is 4.55. The standard InChI is InChI=1S/C19H25Br/c1-3-11-5-8-15(9-12(11)4-2)19(20)18-16-13-6-7-14(10-13)17(16)18/h5,8-9,13-14,16-19H,3-4,6-7,10H2,1-2H3. The Morgan fingerprint density at radius 2 is 1.70 bits per heavy atom. The van der Waals surface area contributed by atoms with Crippen LogP contribution in [0.15, 0.2) is 18.2 Å². The first-order valence-corrected chi connectivity index (χ1v) is 9.41. The van der Waals surface area contributed by atoms with Crippen LogP contribution in [0.4, 0.5) is 0 Å². The number of fused-ring (bicyclic) bond motifs is 5. The summed E-state index contributed by atoms with van der Waals surface area (Å²) in [5.74, 6) is 5.23. The molecule has 0 nitrogen and oxygen atoms in total. The van der Waals surface area contributed by atoms with E-state index in [1.807, 2.05) is 0 Å². The Balaban J connectivity index is 1.56. The molecule has 3 saturated carbocycles. The number of hydrogen-bond acceptors (Lipinski definition) is 0. The summed E-state index contributed by atoms with van der Waals surface area (Å²) in [5, 5.41) is 0. The summed E-state index contributed by atoms with van der Waals surface area (Å²) in [6.07, 6.45) is 6.93. The maximum absolute atomic E-state index is 4.06. The summed E-state index contributed by atoms with van der Waals surface area (Å²) in [5.41, 5.74) is 4.63. The first-order valence-electron chi connectivity index (χ1n) is 8.50. The van der Waals surface area contributed by atoms with Gasteiger partial charge >= 0.3 is 0 Å². The first kappa shape index (κ1) is 13.4. The van der Waals surface area contributed by atoms with Crippen LogP contribution in [0.2, 0.25) is 0 Å². The van der Waals surface area contributed by atoms with Gasteiger partial charge in [-0.05, 0) is 78.4 Å².